The molecule has 1 aromatic rings. The smallest absolute Gasteiger partial charge is 0.0490 e. The van der Waals surface area contributed by atoms with E-state index in [1.54, 1.807) is 11.3 Å². The predicted octanol–water partition coefficient (Wildman–Crippen LogP) is 3.71. The summed E-state index contributed by atoms with van der Waals surface area (Å²) in [6.45, 7) is 6.73. The van der Waals surface area contributed by atoms with Gasteiger partial charge in [-0.25, -0.2) is 0 Å². The Morgan fingerprint density at radius 1 is 1.57 bits per heavy atom. The molecule has 0 fully saturated rings. The summed E-state index contributed by atoms with van der Waals surface area (Å²) in [6.07, 6.45) is 0.956. The van der Waals surface area contributed by atoms with Gasteiger partial charge >= 0.3 is 0 Å². The van der Waals surface area contributed by atoms with Gasteiger partial charge in [0, 0.05) is 21.3 Å². The van der Waals surface area contributed by atoms with Crippen molar-refractivity contribution in [1.82, 2.24) is 0 Å². The third kappa shape index (κ3) is 2.81. The molecule has 1 atom stereocenters. The van der Waals surface area contributed by atoms with E-state index in [1.165, 1.54) is 4.88 Å². The van der Waals surface area contributed by atoms with Crippen molar-refractivity contribution in [3.63, 3.8) is 0 Å². The lowest BCUT2D eigenvalue weighted by atomic mass is 9.77. The van der Waals surface area contributed by atoms with E-state index in [0.717, 1.165) is 10.9 Å². The van der Waals surface area contributed by atoms with Crippen molar-refractivity contribution >= 4 is 27.3 Å². The third-order valence-corrected chi connectivity index (χ3v) is 4.65. The quantitative estimate of drug-likeness (QED) is 0.889. The van der Waals surface area contributed by atoms with Crippen LogP contribution in [0.25, 0.3) is 0 Å². The number of halogens is 1. The molecule has 0 bridgehead atoms. The van der Waals surface area contributed by atoms with Gasteiger partial charge < -0.3 is 5.11 Å². The van der Waals surface area contributed by atoms with Gasteiger partial charge in [0.15, 0.2) is 0 Å². The fraction of sp³-hybridized carbons (Fsp3) is 0.636. The maximum atomic E-state index is 9.42. The monoisotopic (exact) mass is 276 g/mol. The van der Waals surface area contributed by atoms with Gasteiger partial charge in [-0.1, -0.05) is 20.8 Å². The van der Waals surface area contributed by atoms with Crippen molar-refractivity contribution in [3.8, 4) is 0 Å². The van der Waals surface area contributed by atoms with Crippen molar-refractivity contribution in [1.29, 1.82) is 0 Å². The molecule has 0 aliphatic rings. The molecule has 0 saturated carbocycles. The van der Waals surface area contributed by atoms with Crippen LogP contribution in [-0.2, 0) is 6.42 Å². The summed E-state index contributed by atoms with van der Waals surface area (Å²) in [6, 6.07) is 2.14. The lowest BCUT2D eigenvalue weighted by molar-refractivity contribution is 0.0956. The first-order valence-corrected chi connectivity index (χ1v) is 6.49. The molecule has 14 heavy (non-hydrogen) atoms. The summed E-state index contributed by atoms with van der Waals surface area (Å²) >= 11 is 5.20. The first-order chi connectivity index (χ1) is 6.48. The van der Waals surface area contributed by atoms with Crippen LogP contribution in [0.15, 0.2) is 15.9 Å². The highest BCUT2D eigenvalue weighted by atomic mass is 79.9. The molecular formula is C11H17BrOS. The van der Waals surface area contributed by atoms with E-state index >= 15 is 0 Å². The highest BCUT2D eigenvalue weighted by Gasteiger charge is 2.28. The van der Waals surface area contributed by atoms with Gasteiger partial charge in [-0.15, -0.1) is 11.3 Å². The maximum Gasteiger partial charge on any atom is 0.0490 e. The van der Waals surface area contributed by atoms with Crippen molar-refractivity contribution < 1.29 is 5.11 Å². The van der Waals surface area contributed by atoms with Gasteiger partial charge in [-0.3, -0.25) is 0 Å². The van der Waals surface area contributed by atoms with E-state index < -0.39 is 0 Å². The normalized spacial score (nSPS) is 15.9. The van der Waals surface area contributed by atoms with E-state index in [4.69, 9.17) is 0 Å². The summed E-state index contributed by atoms with van der Waals surface area (Å²) < 4.78 is 1.14. The summed E-state index contributed by atoms with van der Waals surface area (Å²) in [5.41, 5.74) is 0.00426. The molecule has 1 nitrogen and oxygen atoms in total. The fourth-order valence-corrected chi connectivity index (χ4v) is 2.94. The van der Waals surface area contributed by atoms with Crippen molar-refractivity contribution in [3.05, 3.63) is 20.8 Å². The first-order valence-electron chi connectivity index (χ1n) is 4.82. The van der Waals surface area contributed by atoms with Crippen molar-refractivity contribution in [2.24, 2.45) is 11.3 Å². The number of thiophene rings is 1. The Kier molecular flexibility index (Phi) is 4.16. The average Bonchev–Trinajstić information content (AvgIpc) is 2.50. The highest BCUT2D eigenvalue weighted by molar-refractivity contribution is 9.10. The van der Waals surface area contributed by atoms with Crippen LogP contribution in [0.2, 0.25) is 0 Å². The Bertz CT molecular complexity index is 295. The van der Waals surface area contributed by atoms with Crippen LogP contribution in [0.4, 0.5) is 0 Å². The zero-order valence-corrected chi connectivity index (χ0v) is 11.3. The van der Waals surface area contributed by atoms with Crippen molar-refractivity contribution in [2.45, 2.75) is 27.2 Å². The number of aliphatic hydroxyl groups excluding tert-OH is 1. The lowest BCUT2D eigenvalue weighted by Gasteiger charge is -2.31. The molecule has 1 rings (SSSR count). The second-order valence-corrected chi connectivity index (χ2v) is 6.29. The minimum atomic E-state index is 0.00426. The van der Waals surface area contributed by atoms with Crippen LogP contribution < -0.4 is 0 Å². The SMILES string of the molecule is CC(C)C(C)(CO)Cc1cc(Br)cs1. The Morgan fingerprint density at radius 3 is 2.57 bits per heavy atom. The summed E-state index contributed by atoms with van der Waals surface area (Å²) in [4.78, 5) is 1.34. The van der Waals surface area contributed by atoms with Gasteiger partial charge in [-0.05, 0) is 39.8 Å². The zero-order chi connectivity index (χ0) is 10.8. The van der Waals surface area contributed by atoms with Gasteiger partial charge in [0.25, 0.3) is 0 Å². The number of rotatable bonds is 4. The van der Waals surface area contributed by atoms with E-state index in [-0.39, 0.29) is 12.0 Å². The Morgan fingerprint density at radius 2 is 2.21 bits per heavy atom. The molecule has 0 amide bonds. The average molecular weight is 277 g/mol. The molecule has 1 N–H and O–H groups in total. The first kappa shape index (κ1) is 12.2. The number of hydrogen-bond donors (Lipinski definition) is 1. The van der Waals surface area contributed by atoms with Crippen LogP contribution in [-0.4, -0.2) is 11.7 Å². The molecule has 0 aliphatic heterocycles. The molecule has 0 aromatic carbocycles. The van der Waals surface area contributed by atoms with Gasteiger partial charge in [-0.2, -0.15) is 0 Å². The van der Waals surface area contributed by atoms with Gasteiger partial charge in [0.2, 0.25) is 0 Å². The zero-order valence-electron chi connectivity index (χ0n) is 8.88. The van der Waals surface area contributed by atoms with Crippen LogP contribution in [0, 0.1) is 11.3 Å². The Balaban J connectivity index is 2.75. The molecule has 1 aromatic heterocycles. The molecular weight excluding hydrogens is 260 g/mol. The standard InChI is InChI=1S/C11H17BrOS/c1-8(2)11(3,7-13)5-10-4-9(12)6-14-10/h4,6,8,13H,5,7H2,1-3H3. The summed E-state index contributed by atoms with van der Waals surface area (Å²) in [5, 5.41) is 11.5. The number of aliphatic hydroxyl groups is 1. The largest absolute Gasteiger partial charge is 0.396 e. The fourth-order valence-electron chi connectivity index (χ4n) is 1.29. The van der Waals surface area contributed by atoms with Crippen LogP contribution in [0.1, 0.15) is 25.6 Å². The lowest BCUT2D eigenvalue weighted by Crippen LogP contribution is -2.30. The van der Waals surface area contributed by atoms with E-state index in [9.17, 15) is 5.11 Å². The molecule has 0 spiro atoms. The van der Waals surface area contributed by atoms with E-state index in [0.29, 0.717) is 5.92 Å². The highest BCUT2D eigenvalue weighted by Crippen LogP contribution is 2.33. The minimum absolute atomic E-state index is 0.00426. The molecule has 0 saturated heterocycles. The van der Waals surface area contributed by atoms with E-state index in [2.05, 4.69) is 48.1 Å². The molecule has 1 heterocycles. The molecule has 1 unspecified atom stereocenters. The minimum Gasteiger partial charge on any atom is -0.396 e. The topological polar surface area (TPSA) is 20.2 Å². The summed E-state index contributed by atoms with van der Waals surface area (Å²) in [7, 11) is 0. The molecule has 3 heteroatoms. The van der Waals surface area contributed by atoms with Crippen LogP contribution in [0.3, 0.4) is 0 Å². The third-order valence-electron chi connectivity index (χ3n) is 2.95. The molecule has 0 aliphatic carbocycles. The van der Waals surface area contributed by atoms with Crippen LogP contribution >= 0.6 is 27.3 Å². The summed E-state index contributed by atoms with van der Waals surface area (Å²) in [5.74, 6) is 0.494. The predicted molar refractivity (Wildman–Crippen MR) is 65.8 cm³/mol. The van der Waals surface area contributed by atoms with Crippen molar-refractivity contribution in [2.75, 3.05) is 6.61 Å². The van der Waals surface area contributed by atoms with Gasteiger partial charge in [0.1, 0.15) is 0 Å². The second-order valence-electron chi connectivity index (χ2n) is 4.37. The van der Waals surface area contributed by atoms with Gasteiger partial charge in [0.05, 0.1) is 0 Å². The maximum absolute atomic E-state index is 9.42. The number of hydrogen-bond acceptors (Lipinski definition) is 2. The molecule has 80 valence electrons. The Labute approximate surface area is 98.3 Å². The van der Waals surface area contributed by atoms with E-state index in [1.807, 2.05) is 0 Å². The van der Waals surface area contributed by atoms with Crippen LogP contribution in [0.5, 0.6) is 0 Å². The second kappa shape index (κ2) is 4.77. The molecule has 0 radical (unpaired) electrons. The Hall–Kier alpha value is 0.140.